The molecule has 144 valence electrons. The molecule has 0 radical (unpaired) electrons. The quantitative estimate of drug-likeness (QED) is 0.594. The third-order valence-corrected chi connectivity index (χ3v) is 4.46. The van der Waals surface area contributed by atoms with E-state index in [0.717, 1.165) is 4.90 Å². The Morgan fingerprint density at radius 1 is 1.04 bits per heavy atom. The van der Waals surface area contributed by atoms with E-state index in [1.165, 1.54) is 6.92 Å². The van der Waals surface area contributed by atoms with Crippen LogP contribution in [0.15, 0.2) is 48.5 Å². The van der Waals surface area contributed by atoms with Crippen molar-refractivity contribution in [3.8, 4) is 0 Å². The lowest BCUT2D eigenvalue weighted by Gasteiger charge is -2.16. The molecule has 28 heavy (non-hydrogen) atoms. The average Bonchev–Trinajstić information content (AvgIpc) is 2.92. The number of hydrogen-bond acceptors (Lipinski definition) is 5. The van der Waals surface area contributed by atoms with Crippen molar-refractivity contribution in [3.63, 3.8) is 0 Å². The fourth-order valence-corrected chi connectivity index (χ4v) is 2.86. The fraction of sp³-hybridized carbons (Fsp3) is 0.200. The molecular formula is C20H17ClN2O5. The first kappa shape index (κ1) is 19.6. The number of nitrogens with one attached hydrogen (secondary N) is 1. The molecule has 1 aliphatic heterocycles. The number of hydrogen-bond donors (Lipinski definition) is 1. The molecular weight excluding hydrogens is 384 g/mol. The van der Waals surface area contributed by atoms with Gasteiger partial charge in [0.1, 0.15) is 0 Å². The molecule has 1 atom stereocenters. The number of carbonyl (C=O) groups is 4. The summed E-state index contributed by atoms with van der Waals surface area (Å²) in [5, 5.41) is 3.14. The van der Waals surface area contributed by atoms with Crippen molar-refractivity contribution in [2.75, 3.05) is 11.9 Å². The Labute approximate surface area is 166 Å². The lowest BCUT2D eigenvalue weighted by molar-refractivity contribution is -0.153. The standard InChI is InChI=1S/C20H17ClN2O5/c1-12(18(25)22-14-8-6-13(21)7-9-14)28-17(24)10-11-23-19(26)15-4-2-3-5-16(15)20(23)27/h2-9,12H,10-11H2,1H3,(H,22,25). The van der Waals surface area contributed by atoms with Gasteiger partial charge in [0.05, 0.1) is 17.5 Å². The number of benzene rings is 2. The van der Waals surface area contributed by atoms with Crippen molar-refractivity contribution in [2.45, 2.75) is 19.4 Å². The van der Waals surface area contributed by atoms with E-state index in [1.54, 1.807) is 48.5 Å². The number of fused-ring (bicyclic) bond motifs is 1. The molecule has 0 aromatic heterocycles. The van der Waals surface area contributed by atoms with Crippen LogP contribution in [0, 0.1) is 0 Å². The SMILES string of the molecule is CC(OC(=O)CCN1C(=O)c2ccccc2C1=O)C(=O)Nc1ccc(Cl)cc1. The topological polar surface area (TPSA) is 92.8 Å². The maximum absolute atomic E-state index is 12.3. The number of ether oxygens (including phenoxy) is 1. The van der Waals surface area contributed by atoms with Gasteiger partial charge in [-0.3, -0.25) is 24.1 Å². The van der Waals surface area contributed by atoms with E-state index in [1.807, 2.05) is 0 Å². The summed E-state index contributed by atoms with van der Waals surface area (Å²) < 4.78 is 5.09. The highest BCUT2D eigenvalue weighted by molar-refractivity contribution is 6.30. The van der Waals surface area contributed by atoms with Crippen molar-refractivity contribution in [3.05, 3.63) is 64.7 Å². The van der Waals surface area contributed by atoms with Crippen molar-refractivity contribution in [2.24, 2.45) is 0 Å². The van der Waals surface area contributed by atoms with Gasteiger partial charge in [0.25, 0.3) is 17.7 Å². The van der Waals surface area contributed by atoms with Crippen molar-refractivity contribution >= 4 is 41.0 Å². The van der Waals surface area contributed by atoms with Crippen molar-refractivity contribution in [1.82, 2.24) is 4.90 Å². The molecule has 0 spiro atoms. The average molecular weight is 401 g/mol. The van der Waals surface area contributed by atoms with Gasteiger partial charge < -0.3 is 10.1 Å². The summed E-state index contributed by atoms with van der Waals surface area (Å²) in [5.74, 6) is -2.07. The van der Waals surface area contributed by atoms with E-state index in [9.17, 15) is 19.2 Å². The Balaban J connectivity index is 1.50. The Morgan fingerprint density at radius 3 is 2.18 bits per heavy atom. The molecule has 2 aromatic carbocycles. The summed E-state index contributed by atoms with van der Waals surface area (Å²) in [5.41, 5.74) is 1.15. The van der Waals surface area contributed by atoms with Crippen LogP contribution in [-0.4, -0.2) is 41.2 Å². The van der Waals surface area contributed by atoms with Crippen molar-refractivity contribution in [1.29, 1.82) is 0 Å². The highest BCUT2D eigenvalue weighted by Crippen LogP contribution is 2.22. The van der Waals surface area contributed by atoms with Gasteiger partial charge in [0.15, 0.2) is 6.10 Å². The molecule has 1 aliphatic rings. The lowest BCUT2D eigenvalue weighted by Crippen LogP contribution is -2.34. The zero-order chi connectivity index (χ0) is 20.3. The smallest absolute Gasteiger partial charge is 0.308 e. The van der Waals surface area contributed by atoms with Crippen LogP contribution in [0.25, 0.3) is 0 Å². The van der Waals surface area contributed by atoms with Crippen LogP contribution in [0.5, 0.6) is 0 Å². The number of anilines is 1. The van der Waals surface area contributed by atoms with E-state index < -0.39 is 29.8 Å². The third kappa shape index (κ3) is 4.20. The monoisotopic (exact) mass is 400 g/mol. The molecule has 3 rings (SSSR count). The molecule has 0 bridgehead atoms. The van der Waals surface area contributed by atoms with E-state index in [2.05, 4.69) is 5.32 Å². The van der Waals surface area contributed by atoms with Gasteiger partial charge in [-0.15, -0.1) is 0 Å². The molecule has 1 unspecified atom stereocenters. The maximum atomic E-state index is 12.3. The normalized spacial score (nSPS) is 13.9. The van der Waals surface area contributed by atoms with Gasteiger partial charge in [-0.25, -0.2) is 0 Å². The van der Waals surface area contributed by atoms with Crippen LogP contribution in [0.2, 0.25) is 5.02 Å². The van der Waals surface area contributed by atoms with Gasteiger partial charge in [-0.05, 0) is 43.3 Å². The molecule has 0 fully saturated rings. The minimum Gasteiger partial charge on any atom is -0.452 e. The number of amides is 3. The molecule has 2 aromatic rings. The van der Waals surface area contributed by atoms with Crippen LogP contribution < -0.4 is 5.32 Å². The molecule has 3 amide bonds. The van der Waals surface area contributed by atoms with Crippen LogP contribution in [-0.2, 0) is 14.3 Å². The first-order valence-corrected chi connectivity index (χ1v) is 8.96. The Hall–Kier alpha value is -3.19. The number of esters is 1. The highest BCUT2D eigenvalue weighted by Gasteiger charge is 2.35. The molecule has 8 heteroatoms. The van der Waals surface area contributed by atoms with E-state index in [0.29, 0.717) is 21.8 Å². The van der Waals surface area contributed by atoms with Gasteiger partial charge >= 0.3 is 5.97 Å². The summed E-state index contributed by atoms with van der Waals surface area (Å²) in [4.78, 5) is 49.7. The predicted octanol–water partition coefficient (Wildman–Crippen LogP) is 2.90. The second kappa shape index (κ2) is 8.22. The summed E-state index contributed by atoms with van der Waals surface area (Å²) in [6.07, 6.45) is -1.24. The second-order valence-corrected chi connectivity index (χ2v) is 6.62. The van der Waals surface area contributed by atoms with Crippen LogP contribution in [0.1, 0.15) is 34.1 Å². The van der Waals surface area contributed by atoms with E-state index in [4.69, 9.17) is 16.3 Å². The third-order valence-electron chi connectivity index (χ3n) is 4.21. The number of carbonyl (C=O) groups excluding carboxylic acids is 4. The van der Waals surface area contributed by atoms with Gasteiger partial charge in [0, 0.05) is 17.3 Å². The van der Waals surface area contributed by atoms with Gasteiger partial charge in [0.2, 0.25) is 0 Å². The molecule has 1 heterocycles. The molecule has 0 saturated carbocycles. The Kier molecular flexibility index (Phi) is 5.75. The zero-order valence-electron chi connectivity index (χ0n) is 15.0. The van der Waals surface area contributed by atoms with E-state index in [-0.39, 0.29) is 13.0 Å². The maximum Gasteiger partial charge on any atom is 0.308 e. The van der Waals surface area contributed by atoms with Gasteiger partial charge in [-0.1, -0.05) is 23.7 Å². The predicted molar refractivity (Wildman–Crippen MR) is 102 cm³/mol. The first-order valence-electron chi connectivity index (χ1n) is 8.58. The Morgan fingerprint density at radius 2 is 1.61 bits per heavy atom. The van der Waals surface area contributed by atoms with Crippen LogP contribution >= 0.6 is 11.6 Å². The minimum atomic E-state index is -1.04. The summed E-state index contributed by atoms with van der Waals surface area (Å²) in [6.45, 7) is 1.32. The summed E-state index contributed by atoms with van der Waals surface area (Å²) >= 11 is 5.78. The fourth-order valence-electron chi connectivity index (χ4n) is 2.73. The van der Waals surface area contributed by atoms with Gasteiger partial charge in [-0.2, -0.15) is 0 Å². The molecule has 1 N–H and O–H groups in total. The van der Waals surface area contributed by atoms with E-state index >= 15 is 0 Å². The highest BCUT2D eigenvalue weighted by atomic mass is 35.5. The second-order valence-electron chi connectivity index (χ2n) is 6.19. The summed E-state index contributed by atoms with van der Waals surface area (Å²) in [7, 11) is 0. The molecule has 0 aliphatic carbocycles. The summed E-state index contributed by atoms with van der Waals surface area (Å²) in [6, 6.07) is 13.0. The number of nitrogens with zero attached hydrogens (tertiary/aromatic N) is 1. The molecule has 0 saturated heterocycles. The first-order chi connectivity index (χ1) is 13.4. The number of imide groups is 1. The van der Waals surface area contributed by atoms with Crippen LogP contribution in [0.4, 0.5) is 5.69 Å². The Bertz CT molecular complexity index is 907. The largest absolute Gasteiger partial charge is 0.452 e. The minimum absolute atomic E-state index is 0.114. The number of rotatable bonds is 6. The lowest BCUT2D eigenvalue weighted by atomic mass is 10.1. The van der Waals surface area contributed by atoms with Crippen molar-refractivity contribution < 1.29 is 23.9 Å². The molecule has 7 nitrogen and oxygen atoms in total. The number of halogens is 1. The zero-order valence-corrected chi connectivity index (χ0v) is 15.7. The van der Waals surface area contributed by atoms with Crippen LogP contribution in [0.3, 0.4) is 0 Å².